The highest BCUT2D eigenvalue weighted by atomic mass is 15.2. The van der Waals surface area contributed by atoms with Crippen LogP contribution in [0.5, 0.6) is 0 Å². The Morgan fingerprint density at radius 2 is 1.00 bits per heavy atom. The first kappa shape index (κ1) is 16.2. The molecule has 2 rings (SSSR count). The predicted octanol–water partition coefficient (Wildman–Crippen LogP) is 5.04. The molecule has 0 unspecified atom stereocenters. The Morgan fingerprint density at radius 3 is 1.32 bits per heavy atom. The van der Waals surface area contributed by atoms with Gasteiger partial charge < -0.3 is 0 Å². The summed E-state index contributed by atoms with van der Waals surface area (Å²) in [5, 5.41) is 8.23. The molecule has 0 bridgehead atoms. The Labute approximate surface area is 133 Å². The Morgan fingerprint density at radius 1 is 0.636 bits per heavy atom. The maximum atomic E-state index is 4.12. The van der Waals surface area contributed by atoms with E-state index in [1.54, 1.807) is 12.4 Å². The highest BCUT2D eigenvalue weighted by Gasteiger charge is 1.92. The van der Waals surface area contributed by atoms with Gasteiger partial charge in [0.15, 0.2) is 0 Å². The van der Waals surface area contributed by atoms with Crippen molar-refractivity contribution in [3.8, 4) is 0 Å². The molecule has 0 fully saturated rings. The predicted molar refractivity (Wildman–Crippen MR) is 96.1 cm³/mol. The molecule has 0 saturated carbocycles. The Balaban J connectivity index is 1.90. The molecule has 0 aliphatic rings. The van der Waals surface area contributed by atoms with Crippen molar-refractivity contribution in [1.82, 2.24) is 0 Å². The minimum Gasteiger partial charge on any atom is -0.159 e. The fraction of sp³-hybridized carbons (Fsp3) is 0.300. The van der Waals surface area contributed by atoms with E-state index in [0.29, 0.717) is 0 Å². The molecule has 2 aromatic rings. The zero-order chi connectivity index (χ0) is 15.6. The molecule has 22 heavy (non-hydrogen) atoms. The summed E-state index contributed by atoms with van der Waals surface area (Å²) in [7, 11) is 0. The lowest BCUT2D eigenvalue weighted by molar-refractivity contribution is 0.922. The Bertz CT molecular complexity index is 550. The molecule has 0 radical (unpaired) electrons. The van der Waals surface area contributed by atoms with Gasteiger partial charge in [-0.1, -0.05) is 75.2 Å². The van der Waals surface area contributed by atoms with Gasteiger partial charge in [-0.2, -0.15) is 10.2 Å². The number of hydrogen-bond acceptors (Lipinski definition) is 2. The minimum atomic E-state index is 1.08. The van der Waals surface area contributed by atoms with E-state index < -0.39 is 0 Å². The van der Waals surface area contributed by atoms with Crippen molar-refractivity contribution in [3.63, 3.8) is 0 Å². The van der Waals surface area contributed by atoms with Crippen LogP contribution < -0.4 is 0 Å². The molecule has 0 aliphatic carbocycles. The van der Waals surface area contributed by atoms with Crippen molar-refractivity contribution >= 4 is 12.4 Å². The van der Waals surface area contributed by atoms with Gasteiger partial charge in [-0.3, -0.25) is 0 Å². The average Bonchev–Trinajstić information content (AvgIpc) is 2.55. The van der Waals surface area contributed by atoms with Crippen molar-refractivity contribution in [3.05, 3.63) is 70.8 Å². The molecule has 0 amide bonds. The third kappa shape index (κ3) is 5.28. The van der Waals surface area contributed by atoms with E-state index in [-0.39, 0.29) is 0 Å². The van der Waals surface area contributed by atoms with Gasteiger partial charge in [-0.15, -0.1) is 0 Å². The van der Waals surface area contributed by atoms with E-state index in [2.05, 4.69) is 72.6 Å². The molecule has 0 heterocycles. The fourth-order valence-electron chi connectivity index (χ4n) is 2.32. The molecule has 0 aliphatic heterocycles. The van der Waals surface area contributed by atoms with E-state index in [9.17, 15) is 0 Å². The topological polar surface area (TPSA) is 24.7 Å². The van der Waals surface area contributed by atoms with Crippen LogP contribution >= 0.6 is 0 Å². The van der Waals surface area contributed by atoms with Gasteiger partial charge in [0.2, 0.25) is 0 Å². The molecular formula is C20H24N2. The van der Waals surface area contributed by atoms with Crippen molar-refractivity contribution in [1.29, 1.82) is 0 Å². The lowest BCUT2D eigenvalue weighted by Crippen LogP contribution is -1.86. The van der Waals surface area contributed by atoms with Crippen LogP contribution in [0, 0.1) is 0 Å². The zero-order valence-corrected chi connectivity index (χ0v) is 13.5. The lowest BCUT2D eigenvalue weighted by Gasteiger charge is -1.98. The first-order valence-electron chi connectivity index (χ1n) is 8.06. The summed E-state index contributed by atoms with van der Waals surface area (Å²) in [6.45, 7) is 4.39. The highest BCUT2D eigenvalue weighted by molar-refractivity contribution is 5.82. The van der Waals surface area contributed by atoms with Crippen LogP contribution in [0.4, 0.5) is 0 Å². The monoisotopic (exact) mass is 292 g/mol. The van der Waals surface area contributed by atoms with Crippen molar-refractivity contribution in [2.75, 3.05) is 0 Å². The molecule has 0 N–H and O–H groups in total. The van der Waals surface area contributed by atoms with Crippen LogP contribution in [0.15, 0.2) is 58.7 Å². The molecule has 0 aromatic heterocycles. The summed E-state index contributed by atoms with van der Waals surface area (Å²) in [5.41, 5.74) is 4.90. The summed E-state index contributed by atoms with van der Waals surface area (Å²) >= 11 is 0. The summed E-state index contributed by atoms with van der Waals surface area (Å²) < 4.78 is 0. The van der Waals surface area contributed by atoms with Crippen LogP contribution in [-0.4, -0.2) is 12.4 Å². The van der Waals surface area contributed by atoms with Gasteiger partial charge in [0.25, 0.3) is 0 Å². The summed E-state index contributed by atoms with van der Waals surface area (Å²) in [4.78, 5) is 0. The number of nitrogens with zero attached hydrogens (tertiary/aromatic N) is 2. The lowest BCUT2D eigenvalue weighted by atomic mass is 10.1. The SMILES string of the molecule is CCCc1ccc(/C=N/N=C/c2ccc(CCC)cc2)cc1. The normalized spacial score (nSPS) is 11.5. The van der Waals surface area contributed by atoms with Gasteiger partial charge in [-0.05, 0) is 35.1 Å². The fourth-order valence-corrected chi connectivity index (χ4v) is 2.32. The molecule has 2 heteroatoms. The third-order valence-corrected chi connectivity index (χ3v) is 3.52. The number of hydrogen-bond donors (Lipinski definition) is 0. The van der Waals surface area contributed by atoms with E-state index in [4.69, 9.17) is 0 Å². The molecule has 0 saturated heterocycles. The smallest absolute Gasteiger partial charge is 0.0568 e. The van der Waals surface area contributed by atoms with E-state index >= 15 is 0 Å². The van der Waals surface area contributed by atoms with Crippen LogP contribution in [0.1, 0.15) is 48.9 Å². The van der Waals surface area contributed by atoms with Gasteiger partial charge in [0.05, 0.1) is 12.4 Å². The quantitative estimate of drug-likeness (QED) is 0.504. The van der Waals surface area contributed by atoms with Gasteiger partial charge in [0, 0.05) is 0 Å². The summed E-state index contributed by atoms with van der Waals surface area (Å²) in [5.74, 6) is 0. The molecule has 0 atom stereocenters. The van der Waals surface area contributed by atoms with E-state index in [0.717, 1.165) is 24.0 Å². The standard InChI is InChI=1S/C20H24N2/c1-3-5-17-7-11-19(12-8-17)15-21-22-16-20-13-9-18(6-4-2)10-14-20/h7-16H,3-6H2,1-2H3/b21-15+,22-16+. The third-order valence-electron chi connectivity index (χ3n) is 3.52. The number of aryl methyl sites for hydroxylation is 2. The first-order chi connectivity index (χ1) is 10.8. The maximum Gasteiger partial charge on any atom is 0.0568 e. The van der Waals surface area contributed by atoms with Crippen molar-refractivity contribution in [2.24, 2.45) is 10.2 Å². The number of rotatable bonds is 7. The van der Waals surface area contributed by atoms with Crippen molar-refractivity contribution in [2.45, 2.75) is 39.5 Å². The van der Waals surface area contributed by atoms with Crippen LogP contribution in [0.2, 0.25) is 0 Å². The summed E-state index contributed by atoms with van der Waals surface area (Å²) in [6.07, 6.45) is 8.19. The van der Waals surface area contributed by atoms with Crippen LogP contribution in [-0.2, 0) is 12.8 Å². The van der Waals surface area contributed by atoms with Gasteiger partial charge >= 0.3 is 0 Å². The molecule has 2 nitrogen and oxygen atoms in total. The van der Waals surface area contributed by atoms with Crippen LogP contribution in [0.25, 0.3) is 0 Å². The maximum absolute atomic E-state index is 4.12. The Kier molecular flexibility index (Phi) is 6.56. The first-order valence-corrected chi connectivity index (χ1v) is 8.06. The second-order valence-electron chi connectivity index (χ2n) is 5.47. The van der Waals surface area contributed by atoms with Gasteiger partial charge in [0.1, 0.15) is 0 Å². The molecular weight excluding hydrogens is 268 g/mol. The second-order valence-corrected chi connectivity index (χ2v) is 5.47. The van der Waals surface area contributed by atoms with Gasteiger partial charge in [-0.25, -0.2) is 0 Å². The molecule has 0 spiro atoms. The molecule has 2 aromatic carbocycles. The van der Waals surface area contributed by atoms with E-state index in [1.807, 2.05) is 0 Å². The zero-order valence-electron chi connectivity index (χ0n) is 13.5. The Hall–Kier alpha value is -2.22. The summed E-state index contributed by atoms with van der Waals surface area (Å²) in [6, 6.07) is 17.0. The highest BCUT2D eigenvalue weighted by Crippen LogP contribution is 2.06. The van der Waals surface area contributed by atoms with Crippen LogP contribution in [0.3, 0.4) is 0 Å². The van der Waals surface area contributed by atoms with E-state index in [1.165, 1.54) is 24.0 Å². The largest absolute Gasteiger partial charge is 0.159 e. The molecule has 114 valence electrons. The minimum absolute atomic E-state index is 1.08. The second kappa shape index (κ2) is 8.93. The van der Waals surface area contributed by atoms with Crippen molar-refractivity contribution < 1.29 is 0 Å². The average molecular weight is 292 g/mol. The number of benzene rings is 2.